The lowest BCUT2D eigenvalue weighted by Crippen LogP contribution is -2.30. The fourth-order valence-corrected chi connectivity index (χ4v) is 2.59. The Morgan fingerprint density at radius 1 is 1.00 bits per heavy atom. The first-order valence-corrected chi connectivity index (χ1v) is 6.67. The molecule has 21 heavy (non-hydrogen) atoms. The molecule has 0 aliphatic carbocycles. The fourth-order valence-electron chi connectivity index (χ4n) is 2.59. The van der Waals surface area contributed by atoms with Gasteiger partial charge in [-0.25, -0.2) is 4.90 Å². The highest BCUT2D eigenvalue weighted by molar-refractivity contribution is 6.22. The molecule has 1 saturated heterocycles. The summed E-state index contributed by atoms with van der Waals surface area (Å²) in [6.07, 6.45) is 0.858. The third kappa shape index (κ3) is 2.36. The molecule has 4 nitrogen and oxygen atoms in total. The van der Waals surface area contributed by atoms with Crippen LogP contribution in [0, 0.1) is 0 Å². The van der Waals surface area contributed by atoms with E-state index in [4.69, 9.17) is 0 Å². The summed E-state index contributed by atoms with van der Waals surface area (Å²) in [5.41, 5.74) is 1.73. The topological polar surface area (TPSA) is 54.5 Å². The van der Waals surface area contributed by atoms with E-state index in [9.17, 15) is 14.4 Å². The molecule has 2 aromatic rings. The zero-order chi connectivity index (χ0) is 14.8. The number of aldehydes is 1. The van der Waals surface area contributed by atoms with Crippen molar-refractivity contribution in [2.24, 2.45) is 0 Å². The highest BCUT2D eigenvalue weighted by Crippen LogP contribution is 2.33. The monoisotopic (exact) mass is 279 g/mol. The van der Waals surface area contributed by atoms with Crippen molar-refractivity contribution in [1.82, 2.24) is 0 Å². The van der Waals surface area contributed by atoms with Gasteiger partial charge in [0.2, 0.25) is 11.8 Å². The molecule has 0 spiro atoms. The first kappa shape index (κ1) is 13.2. The minimum absolute atomic E-state index is 0.161. The summed E-state index contributed by atoms with van der Waals surface area (Å²) in [5, 5.41) is 0. The van der Waals surface area contributed by atoms with Crippen LogP contribution in [0.3, 0.4) is 0 Å². The first-order chi connectivity index (χ1) is 10.2. The molecule has 0 radical (unpaired) electrons. The number of carbonyl (C=O) groups is 3. The quantitative estimate of drug-likeness (QED) is 0.641. The molecule has 2 amide bonds. The number of benzene rings is 2. The number of hydrogen-bond acceptors (Lipinski definition) is 3. The van der Waals surface area contributed by atoms with Crippen LogP contribution in [0.1, 0.15) is 28.3 Å². The van der Waals surface area contributed by atoms with Gasteiger partial charge in [0.25, 0.3) is 0 Å². The van der Waals surface area contributed by atoms with Crippen LogP contribution in [0.15, 0.2) is 54.6 Å². The highest BCUT2D eigenvalue weighted by Gasteiger charge is 2.40. The molecule has 0 N–H and O–H groups in total. The van der Waals surface area contributed by atoms with Gasteiger partial charge < -0.3 is 0 Å². The second kappa shape index (κ2) is 5.32. The maximum absolute atomic E-state index is 12.5. The van der Waals surface area contributed by atoms with E-state index in [0.717, 1.165) is 5.56 Å². The third-order valence-electron chi connectivity index (χ3n) is 3.61. The molecule has 1 heterocycles. The standard InChI is InChI=1S/C17H13NO3/c19-11-12-5-4-8-14(9-12)18-16(20)10-15(17(18)21)13-6-2-1-3-7-13/h1-9,11,15H,10H2. The summed E-state index contributed by atoms with van der Waals surface area (Å²) in [4.78, 5) is 36.7. The predicted octanol–water partition coefficient (Wildman–Crippen LogP) is 2.55. The van der Waals surface area contributed by atoms with Gasteiger partial charge >= 0.3 is 0 Å². The molecule has 104 valence electrons. The van der Waals surface area contributed by atoms with E-state index in [1.807, 2.05) is 30.3 Å². The molecule has 1 unspecified atom stereocenters. The van der Waals surface area contributed by atoms with E-state index >= 15 is 0 Å². The number of amides is 2. The van der Waals surface area contributed by atoms with Crippen molar-refractivity contribution in [1.29, 1.82) is 0 Å². The van der Waals surface area contributed by atoms with Gasteiger partial charge in [-0.1, -0.05) is 42.5 Å². The van der Waals surface area contributed by atoms with Crippen molar-refractivity contribution in [2.75, 3.05) is 4.90 Å². The molecular weight excluding hydrogens is 266 g/mol. The summed E-state index contributed by atoms with van der Waals surface area (Å²) in [6.45, 7) is 0. The fraction of sp³-hybridized carbons (Fsp3) is 0.118. The molecule has 1 aliphatic heterocycles. The normalized spacial score (nSPS) is 18.1. The second-order valence-corrected chi connectivity index (χ2v) is 4.95. The molecule has 3 rings (SSSR count). The van der Waals surface area contributed by atoms with Crippen molar-refractivity contribution < 1.29 is 14.4 Å². The molecule has 1 fully saturated rings. The smallest absolute Gasteiger partial charge is 0.241 e. The van der Waals surface area contributed by atoms with Crippen molar-refractivity contribution in [3.05, 3.63) is 65.7 Å². The Labute approximate surface area is 122 Å². The van der Waals surface area contributed by atoms with Gasteiger partial charge in [-0.05, 0) is 17.7 Å². The van der Waals surface area contributed by atoms with Crippen molar-refractivity contribution >= 4 is 23.8 Å². The maximum atomic E-state index is 12.5. The Morgan fingerprint density at radius 2 is 1.76 bits per heavy atom. The summed E-state index contributed by atoms with van der Waals surface area (Å²) < 4.78 is 0. The van der Waals surface area contributed by atoms with E-state index in [2.05, 4.69) is 0 Å². The molecule has 1 aliphatic rings. The maximum Gasteiger partial charge on any atom is 0.241 e. The molecule has 4 heteroatoms. The lowest BCUT2D eigenvalue weighted by atomic mass is 9.98. The van der Waals surface area contributed by atoms with Gasteiger partial charge in [0, 0.05) is 12.0 Å². The Morgan fingerprint density at radius 3 is 2.48 bits per heavy atom. The van der Waals surface area contributed by atoms with Gasteiger partial charge in [-0.15, -0.1) is 0 Å². The lowest BCUT2D eigenvalue weighted by Gasteiger charge is -2.15. The average molecular weight is 279 g/mol. The summed E-state index contributed by atoms with van der Waals surface area (Å²) in [6, 6.07) is 15.8. The van der Waals surface area contributed by atoms with E-state index in [-0.39, 0.29) is 18.2 Å². The SMILES string of the molecule is O=Cc1cccc(N2C(=O)CC(c3ccccc3)C2=O)c1. The largest absolute Gasteiger partial charge is 0.298 e. The van der Waals surface area contributed by atoms with Gasteiger partial charge in [0.1, 0.15) is 6.29 Å². The van der Waals surface area contributed by atoms with Crippen molar-refractivity contribution in [2.45, 2.75) is 12.3 Å². The lowest BCUT2D eigenvalue weighted by molar-refractivity contribution is -0.121. The minimum atomic E-state index is -0.446. The zero-order valence-corrected chi connectivity index (χ0v) is 11.2. The number of hydrogen-bond donors (Lipinski definition) is 0. The van der Waals surface area contributed by atoms with Crippen LogP contribution in [0.5, 0.6) is 0 Å². The zero-order valence-electron chi connectivity index (χ0n) is 11.2. The second-order valence-electron chi connectivity index (χ2n) is 4.95. The van der Waals surface area contributed by atoms with Crippen molar-refractivity contribution in [3.8, 4) is 0 Å². The molecule has 0 saturated carbocycles. The van der Waals surface area contributed by atoms with E-state index in [0.29, 0.717) is 17.5 Å². The van der Waals surface area contributed by atoms with Gasteiger partial charge in [0.05, 0.1) is 11.6 Å². The van der Waals surface area contributed by atoms with Crippen LogP contribution in [-0.4, -0.2) is 18.1 Å². The highest BCUT2D eigenvalue weighted by atomic mass is 16.2. The molecule has 1 atom stereocenters. The van der Waals surface area contributed by atoms with Crippen LogP contribution < -0.4 is 4.90 Å². The third-order valence-corrected chi connectivity index (χ3v) is 3.61. The van der Waals surface area contributed by atoms with Crippen LogP contribution >= 0.6 is 0 Å². The average Bonchev–Trinajstić information content (AvgIpc) is 2.83. The number of rotatable bonds is 3. The van der Waals surface area contributed by atoms with Crippen LogP contribution in [-0.2, 0) is 9.59 Å². The van der Waals surface area contributed by atoms with Crippen molar-refractivity contribution in [3.63, 3.8) is 0 Å². The predicted molar refractivity (Wildman–Crippen MR) is 78.1 cm³/mol. The van der Waals surface area contributed by atoms with Crippen LogP contribution in [0.4, 0.5) is 5.69 Å². The van der Waals surface area contributed by atoms with Gasteiger partial charge in [-0.3, -0.25) is 14.4 Å². The Balaban J connectivity index is 1.95. The molecule has 0 bridgehead atoms. The van der Waals surface area contributed by atoms with E-state index in [1.165, 1.54) is 4.90 Å². The minimum Gasteiger partial charge on any atom is -0.298 e. The molecule has 0 aromatic heterocycles. The van der Waals surface area contributed by atoms with Crippen LogP contribution in [0.25, 0.3) is 0 Å². The number of carbonyl (C=O) groups excluding carboxylic acids is 3. The molecule has 2 aromatic carbocycles. The Hall–Kier alpha value is -2.75. The Kier molecular flexibility index (Phi) is 3.36. The summed E-state index contributed by atoms with van der Waals surface area (Å²) in [5.74, 6) is -0.926. The number of anilines is 1. The first-order valence-electron chi connectivity index (χ1n) is 6.67. The summed E-state index contributed by atoms with van der Waals surface area (Å²) in [7, 11) is 0. The van der Waals surface area contributed by atoms with Gasteiger partial charge in [0.15, 0.2) is 0 Å². The van der Waals surface area contributed by atoms with Crippen LogP contribution in [0.2, 0.25) is 0 Å². The molecular formula is C17H13NO3. The van der Waals surface area contributed by atoms with E-state index < -0.39 is 5.92 Å². The number of imide groups is 1. The summed E-state index contributed by atoms with van der Waals surface area (Å²) >= 11 is 0. The van der Waals surface area contributed by atoms with Gasteiger partial charge in [-0.2, -0.15) is 0 Å². The number of nitrogens with zero attached hydrogens (tertiary/aromatic N) is 1. The Bertz CT molecular complexity index is 709. The van der Waals surface area contributed by atoms with E-state index in [1.54, 1.807) is 24.3 Å².